The zero-order valence-electron chi connectivity index (χ0n) is 8.57. The van der Waals surface area contributed by atoms with Crippen molar-refractivity contribution in [3.63, 3.8) is 0 Å². The molecule has 4 N–H and O–H groups in total. The van der Waals surface area contributed by atoms with Gasteiger partial charge in [0.15, 0.2) is 0 Å². The molecule has 7 nitrogen and oxygen atoms in total. The Kier molecular flexibility index (Phi) is 3.37. The molecule has 100 valence electrons. The molecule has 11 heteroatoms. The van der Waals surface area contributed by atoms with Gasteiger partial charge in [-0.05, 0) is 22.0 Å². The van der Waals surface area contributed by atoms with Gasteiger partial charge in [-0.1, -0.05) is 11.6 Å². The third-order valence-electron chi connectivity index (χ3n) is 2.26. The molecule has 0 bridgehead atoms. The number of hydrogen-bond donors (Lipinski definition) is 3. The molecule has 0 saturated carbocycles. The van der Waals surface area contributed by atoms with E-state index in [1.807, 2.05) is 0 Å². The van der Waals surface area contributed by atoms with Crippen molar-refractivity contribution in [1.82, 2.24) is 4.72 Å². The van der Waals surface area contributed by atoms with Gasteiger partial charge in [0.1, 0.15) is 9.79 Å². The number of primary sulfonamides is 1. The molecule has 0 aromatic heterocycles. The molecule has 0 spiro atoms. The highest BCUT2D eigenvalue weighted by Gasteiger charge is 2.30. The van der Waals surface area contributed by atoms with E-state index in [0.717, 1.165) is 6.07 Å². The van der Waals surface area contributed by atoms with Crippen molar-refractivity contribution >= 4 is 53.3 Å². The lowest BCUT2D eigenvalue weighted by Gasteiger charge is -2.22. The largest absolute Gasteiger partial charge is 0.369 e. The summed E-state index contributed by atoms with van der Waals surface area (Å²) in [5.74, 6) is 0. The van der Waals surface area contributed by atoms with E-state index in [4.69, 9.17) is 16.7 Å². The van der Waals surface area contributed by atoms with Crippen LogP contribution in [0.4, 0.5) is 5.69 Å². The van der Waals surface area contributed by atoms with E-state index in [1.54, 1.807) is 0 Å². The number of anilines is 1. The first kappa shape index (κ1) is 14.0. The van der Waals surface area contributed by atoms with Crippen LogP contribution in [0, 0.1) is 0 Å². The van der Waals surface area contributed by atoms with Crippen LogP contribution in [0.1, 0.15) is 0 Å². The van der Waals surface area contributed by atoms with Crippen LogP contribution in [0.15, 0.2) is 20.3 Å². The molecule has 0 unspecified atom stereocenters. The minimum absolute atomic E-state index is 0.0149. The fourth-order valence-electron chi connectivity index (χ4n) is 1.46. The summed E-state index contributed by atoms with van der Waals surface area (Å²) in [7, 11) is -7.91. The summed E-state index contributed by atoms with van der Waals surface area (Å²) in [5, 5.41) is 7.56. The zero-order valence-corrected chi connectivity index (χ0v) is 12.5. The second kappa shape index (κ2) is 4.32. The van der Waals surface area contributed by atoms with E-state index in [2.05, 4.69) is 26.0 Å². The summed E-state index contributed by atoms with van der Waals surface area (Å²) in [6.07, 6.45) is 0. The second-order valence-corrected chi connectivity index (χ2v) is 7.86. The molecule has 2 rings (SSSR count). The Morgan fingerprint density at radius 1 is 1.44 bits per heavy atom. The number of hydrogen-bond acceptors (Lipinski definition) is 5. The minimum Gasteiger partial charge on any atom is -0.369 e. The van der Waals surface area contributed by atoms with Gasteiger partial charge in [-0.2, -0.15) is 4.72 Å². The predicted molar refractivity (Wildman–Crippen MR) is 69.3 cm³/mol. The second-order valence-electron chi connectivity index (χ2n) is 3.42. The Labute approximate surface area is 117 Å². The summed E-state index contributed by atoms with van der Waals surface area (Å²) < 4.78 is 48.5. The average Bonchev–Trinajstić information content (AvgIpc) is 2.21. The van der Waals surface area contributed by atoms with Gasteiger partial charge in [0.25, 0.3) is 0 Å². The van der Waals surface area contributed by atoms with Gasteiger partial charge in [-0.3, -0.25) is 0 Å². The Morgan fingerprint density at radius 3 is 2.61 bits per heavy atom. The quantitative estimate of drug-likeness (QED) is 0.656. The van der Waals surface area contributed by atoms with E-state index in [1.165, 1.54) is 0 Å². The number of benzene rings is 1. The summed E-state index contributed by atoms with van der Waals surface area (Å²) in [5.41, 5.74) is 0.200. The van der Waals surface area contributed by atoms with Crippen LogP contribution >= 0.6 is 27.5 Å². The number of sulfonamides is 2. The Morgan fingerprint density at radius 2 is 2.06 bits per heavy atom. The van der Waals surface area contributed by atoms with Crippen molar-refractivity contribution < 1.29 is 16.8 Å². The molecule has 0 amide bonds. The topological polar surface area (TPSA) is 118 Å². The smallest absolute Gasteiger partial charge is 0.244 e. The first-order valence-electron chi connectivity index (χ1n) is 4.43. The maximum absolute atomic E-state index is 11.8. The summed E-state index contributed by atoms with van der Waals surface area (Å²) in [6, 6.07) is 0.923. The number of fused-ring (bicyclic) bond motifs is 1. The number of nitrogens with two attached hydrogens (primary N) is 1. The van der Waals surface area contributed by atoms with E-state index >= 15 is 0 Å². The molecule has 1 aliphatic rings. The number of rotatable bonds is 1. The molecule has 1 aromatic carbocycles. The molecule has 0 fully saturated rings. The van der Waals surface area contributed by atoms with Crippen LogP contribution in [0.2, 0.25) is 5.02 Å². The van der Waals surface area contributed by atoms with Crippen molar-refractivity contribution in [2.75, 3.05) is 12.0 Å². The van der Waals surface area contributed by atoms with Gasteiger partial charge in [0.05, 0.1) is 21.9 Å². The Balaban J connectivity index is 2.90. The van der Waals surface area contributed by atoms with Gasteiger partial charge in [-0.25, -0.2) is 22.0 Å². The predicted octanol–water partition coefficient (Wildman–Crippen LogP) is 0.411. The molecular weight excluding hydrogens is 370 g/mol. The molecule has 18 heavy (non-hydrogen) atoms. The van der Waals surface area contributed by atoms with Crippen LogP contribution < -0.4 is 15.2 Å². The SMILES string of the molecule is NS(=O)(=O)c1cc2c(c(Br)c1Cl)NCNS2(=O)=O. The van der Waals surface area contributed by atoms with Gasteiger partial charge < -0.3 is 5.32 Å². The normalized spacial score (nSPS) is 17.9. The van der Waals surface area contributed by atoms with Crippen LogP contribution in [0.25, 0.3) is 0 Å². The average molecular weight is 377 g/mol. The zero-order chi connectivity index (χ0) is 13.7. The van der Waals surface area contributed by atoms with Crippen molar-refractivity contribution in [2.24, 2.45) is 5.14 Å². The van der Waals surface area contributed by atoms with E-state index in [9.17, 15) is 16.8 Å². The van der Waals surface area contributed by atoms with E-state index in [-0.39, 0.29) is 26.7 Å². The highest BCUT2D eigenvalue weighted by Crippen LogP contribution is 2.40. The number of nitrogens with one attached hydrogen (secondary N) is 2. The van der Waals surface area contributed by atoms with Gasteiger partial charge in [0, 0.05) is 0 Å². The van der Waals surface area contributed by atoms with Crippen molar-refractivity contribution in [2.45, 2.75) is 9.79 Å². The van der Waals surface area contributed by atoms with Crippen LogP contribution in [-0.2, 0) is 20.0 Å². The molecule has 0 saturated heterocycles. The van der Waals surface area contributed by atoms with Crippen molar-refractivity contribution in [3.8, 4) is 0 Å². The molecule has 1 aliphatic heterocycles. The molecule has 1 aromatic rings. The third kappa shape index (κ3) is 2.24. The standard InChI is InChI=1S/C7H7BrClN3O4S2/c8-5-6(9)3(17(10,13)14)1-4-7(5)11-2-12-18(4,15)16/h1,11-12H,2H2,(H2,10,13,14). The lowest BCUT2D eigenvalue weighted by molar-refractivity contribution is 0.581. The number of halogens is 2. The van der Waals surface area contributed by atoms with Crippen LogP contribution in [0.3, 0.4) is 0 Å². The molecule has 0 atom stereocenters. The highest BCUT2D eigenvalue weighted by atomic mass is 79.9. The van der Waals surface area contributed by atoms with E-state index in [0.29, 0.717) is 0 Å². The minimum atomic E-state index is -4.12. The van der Waals surface area contributed by atoms with Crippen molar-refractivity contribution in [3.05, 3.63) is 15.6 Å². The van der Waals surface area contributed by atoms with Gasteiger partial charge in [0.2, 0.25) is 20.0 Å². The summed E-state index contributed by atoms with van der Waals surface area (Å²) in [4.78, 5) is -0.682. The Bertz CT molecular complexity index is 732. The molecule has 0 aliphatic carbocycles. The first-order valence-corrected chi connectivity index (χ1v) is 8.63. The summed E-state index contributed by atoms with van der Waals surface area (Å²) >= 11 is 8.90. The third-order valence-corrected chi connectivity index (χ3v) is 6.15. The highest BCUT2D eigenvalue weighted by molar-refractivity contribution is 9.10. The molecular formula is C7H7BrClN3O4S2. The van der Waals surface area contributed by atoms with Gasteiger partial charge >= 0.3 is 0 Å². The lowest BCUT2D eigenvalue weighted by Crippen LogP contribution is -2.35. The molecule has 1 heterocycles. The lowest BCUT2D eigenvalue weighted by atomic mass is 10.3. The van der Waals surface area contributed by atoms with Crippen LogP contribution in [-0.4, -0.2) is 23.5 Å². The fourth-order valence-corrected chi connectivity index (χ4v) is 4.61. The molecule has 0 radical (unpaired) electrons. The van der Waals surface area contributed by atoms with E-state index < -0.39 is 24.9 Å². The van der Waals surface area contributed by atoms with Crippen molar-refractivity contribution in [1.29, 1.82) is 0 Å². The monoisotopic (exact) mass is 375 g/mol. The maximum Gasteiger partial charge on any atom is 0.244 e. The van der Waals surface area contributed by atoms with Crippen LogP contribution in [0.5, 0.6) is 0 Å². The Hall–Kier alpha value is -0.390. The van der Waals surface area contributed by atoms with Gasteiger partial charge in [-0.15, -0.1) is 0 Å². The first-order chi connectivity index (χ1) is 8.14. The summed E-state index contributed by atoms with van der Waals surface area (Å²) in [6.45, 7) is -0.0149. The fraction of sp³-hybridized carbons (Fsp3) is 0.143. The maximum atomic E-state index is 11.8.